The lowest BCUT2D eigenvalue weighted by molar-refractivity contribution is 0.339. The van der Waals surface area contributed by atoms with Crippen LogP contribution in [-0.2, 0) is 10.0 Å². The van der Waals surface area contributed by atoms with Crippen molar-refractivity contribution in [1.82, 2.24) is 4.31 Å². The van der Waals surface area contributed by atoms with Crippen LogP contribution in [0.5, 0.6) is 0 Å². The summed E-state index contributed by atoms with van der Waals surface area (Å²) in [6, 6.07) is 4.90. The zero-order valence-corrected chi connectivity index (χ0v) is 13.7. The van der Waals surface area contributed by atoms with Crippen LogP contribution >= 0.6 is 0 Å². The number of nitrogens with zero attached hydrogens (tertiary/aromatic N) is 1. The molecule has 0 amide bonds. The fourth-order valence-electron chi connectivity index (χ4n) is 2.19. The van der Waals surface area contributed by atoms with Crippen molar-refractivity contribution in [1.29, 1.82) is 0 Å². The van der Waals surface area contributed by atoms with E-state index in [0.29, 0.717) is 29.6 Å². The minimum absolute atomic E-state index is 0.331. The van der Waals surface area contributed by atoms with E-state index in [-0.39, 0.29) is 0 Å². The van der Waals surface area contributed by atoms with Crippen LogP contribution in [-0.4, -0.2) is 25.8 Å². The first kappa shape index (κ1) is 17.0. The van der Waals surface area contributed by atoms with Crippen molar-refractivity contribution in [2.45, 2.75) is 45.4 Å². The highest BCUT2D eigenvalue weighted by Crippen LogP contribution is 2.22. The van der Waals surface area contributed by atoms with E-state index in [9.17, 15) is 8.42 Å². The van der Waals surface area contributed by atoms with Crippen LogP contribution in [0.15, 0.2) is 23.1 Å². The largest absolute Gasteiger partial charge is 0.399 e. The van der Waals surface area contributed by atoms with Gasteiger partial charge in [0.25, 0.3) is 0 Å². The highest BCUT2D eigenvalue weighted by atomic mass is 32.2. The molecule has 1 aromatic rings. The monoisotopic (exact) mass is 298 g/mol. The number of hydrogen-bond acceptors (Lipinski definition) is 3. The Labute approximate surface area is 123 Å². The summed E-state index contributed by atoms with van der Waals surface area (Å²) in [6.07, 6.45) is 1.98. The molecule has 0 saturated heterocycles. The molecule has 0 atom stereocenters. The molecule has 0 spiro atoms. The number of benzene rings is 1. The second kappa shape index (κ2) is 7.09. The summed E-state index contributed by atoms with van der Waals surface area (Å²) in [5.41, 5.74) is 7.17. The molecule has 0 radical (unpaired) electrons. The zero-order valence-electron chi connectivity index (χ0n) is 12.9. The Bertz CT molecular complexity index is 537. The van der Waals surface area contributed by atoms with Crippen LogP contribution < -0.4 is 5.73 Å². The highest BCUT2D eigenvalue weighted by molar-refractivity contribution is 7.89. The molecule has 0 fully saturated rings. The molecule has 0 aliphatic heterocycles. The van der Waals surface area contributed by atoms with Gasteiger partial charge in [-0.05, 0) is 36.6 Å². The number of aryl methyl sites for hydroxylation is 1. The lowest BCUT2D eigenvalue weighted by Crippen LogP contribution is -2.35. The van der Waals surface area contributed by atoms with Crippen molar-refractivity contribution in [3.8, 4) is 0 Å². The maximum atomic E-state index is 12.7. The average molecular weight is 298 g/mol. The minimum atomic E-state index is -3.43. The maximum absolute atomic E-state index is 12.7. The van der Waals surface area contributed by atoms with Gasteiger partial charge in [0.2, 0.25) is 10.0 Å². The molecule has 0 bridgehead atoms. The van der Waals surface area contributed by atoms with Gasteiger partial charge in [-0.15, -0.1) is 0 Å². The van der Waals surface area contributed by atoms with Gasteiger partial charge in [-0.1, -0.05) is 33.6 Å². The molecule has 4 nitrogen and oxygen atoms in total. The molecular weight excluding hydrogens is 272 g/mol. The molecule has 0 unspecified atom stereocenters. The van der Waals surface area contributed by atoms with E-state index in [1.54, 1.807) is 22.5 Å². The molecule has 0 aliphatic rings. The number of rotatable bonds is 7. The molecule has 0 heterocycles. The van der Waals surface area contributed by atoms with Crippen molar-refractivity contribution in [2.24, 2.45) is 5.92 Å². The second-order valence-electron chi connectivity index (χ2n) is 5.16. The Balaban J connectivity index is 3.08. The van der Waals surface area contributed by atoms with Crippen molar-refractivity contribution in [3.63, 3.8) is 0 Å². The Morgan fingerprint density at radius 2 is 1.80 bits per heavy atom. The highest BCUT2D eigenvalue weighted by Gasteiger charge is 2.25. The number of nitrogen functional groups attached to an aromatic ring is 1. The third-order valence-corrected chi connectivity index (χ3v) is 5.79. The zero-order chi connectivity index (χ0) is 15.3. The summed E-state index contributed by atoms with van der Waals surface area (Å²) in [7, 11) is -3.43. The summed E-state index contributed by atoms with van der Waals surface area (Å²) >= 11 is 0. The van der Waals surface area contributed by atoms with E-state index in [4.69, 9.17) is 5.73 Å². The molecule has 20 heavy (non-hydrogen) atoms. The quantitative estimate of drug-likeness (QED) is 0.787. The van der Waals surface area contributed by atoms with Gasteiger partial charge in [0.15, 0.2) is 0 Å². The van der Waals surface area contributed by atoms with Crippen LogP contribution in [0.3, 0.4) is 0 Å². The number of anilines is 1. The summed E-state index contributed by atoms with van der Waals surface area (Å²) in [4.78, 5) is 0.331. The first-order chi connectivity index (χ1) is 9.36. The molecule has 5 heteroatoms. The van der Waals surface area contributed by atoms with Gasteiger partial charge in [0.05, 0.1) is 4.90 Å². The minimum Gasteiger partial charge on any atom is -0.399 e. The number of hydrogen-bond donors (Lipinski definition) is 1. The summed E-state index contributed by atoms with van der Waals surface area (Å²) in [6.45, 7) is 8.97. The van der Waals surface area contributed by atoms with E-state index in [1.165, 1.54) is 0 Å². The van der Waals surface area contributed by atoms with E-state index in [2.05, 4.69) is 13.8 Å². The third-order valence-electron chi connectivity index (χ3n) is 3.85. The first-order valence-corrected chi connectivity index (χ1v) is 8.67. The van der Waals surface area contributed by atoms with E-state index < -0.39 is 10.0 Å². The molecule has 0 aromatic heterocycles. The van der Waals surface area contributed by atoms with Gasteiger partial charge in [-0.2, -0.15) is 4.31 Å². The Kier molecular flexibility index (Phi) is 6.02. The van der Waals surface area contributed by atoms with E-state index in [0.717, 1.165) is 18.4 Å². The van der Waals surface area contributed by atoms with Crippen molar-refractivity contribution >= 4 is 15.7 Å². The van der Waals surface area contributed by atoms with Crippen molar-refractivity contribution in [2.75, 3.05) is 18.8 Å². The summed E-state index contributed by atoms with van der Waals surface area (Å²) in [5.74, 6) is 0.402. The summed E-state index contributed by atoms with van der Waals surface area (Å²) < 4.78 is 26.9. The fraction of sp³-hybridized carbons (Fsp3) is 0.600. The standard InChI is InChI=1S/C15H26N2O2S/c1-5-13(6-2)11-17(7-3)20(18,19)14-8-9-15(16)12(4)10-14/h8-10,13H,5-7,11,16H2,1-4H3. The van der Waals surface area contributed by atoms with Crippen LogP contribution in [0.25, 0.3) is 0 Å². The predicted octanol–water partition coefficient (Wildman–Crippen LogP) is 3.02. The maximum Gasteiger partial charge on any atom is 0.243 e. The Morgan fingerprint density at radius 1 is 1.20 bits per heavy atom. The molecule has 1 aromatic carbocycles. The Morgan fingerprint density at radius 3 is 2.25 bits per heavy atom. The molecule has 0 aliphatic carbocycles. The first-order valence-electron chi connectivity index (χ1n) is 7.23. The molecule has 2 N–H and O–H groups in total. The van der Waals surface area contributed by atoms with Gasteiger partial charge in [0.1, 0.15) is 0 Å². The van der Waals surface area contributed by atoms with Crippen LogP contribution in [0.4, 0.5) is 5.69 Å². The van der Waals surface area contributed by atoms with Crippen molar-refractivity contribution in [3.05, 3.63) is 23.8 Å². The molecule has 114 valence electrons. The van der Waals surface area contributed by atoms with Crippen LogP contribution in [0.2, 0.25) is 0 Å². The van der Waals surface area contributed by atoms with E-state index in [1.807, 2.05) is 13.8 Å². The van der Waals surface area contributed by atoms with Crippen molar-refractivity contribution < 1.29 is 8.42 Å². The fourth-order valence-corrected chi connectivity index (χ4v) is 3.80. The van der Waals surface area contributed by atoms with Gasteiger partial charge >= 0.3 is 0 Å². The van der Waals surface area contributed by atoms with Gasteiger partial charge in [-0.3, -0.25) is 0 Å². The Hall–Kier alpha value is -1.07. The number of sulfonamides is 1. The summed E-state index contributed by atoms with van der Waals surface area (Å²) in [5, 5.41) is 0. The SMILES string of the molecule is CCC(CC)CN(CC)S(=O)(=O)c1ccc(N)c(C)c1. The molecule has 0 saturated carbocycles. The molecule has 1 rings (SSSR count). The smallest absolute Gasteiger partial charge is 0.243 e. The van der Waals surface area contributed by atoms with Gasteiger partial charge in [-0.25, -0.2) is 8.42 Å². The number of nitrogens with two attached hydrogens (primary N) is 1. The second-order valence-corrected chi connectivity index (χ2v) is 7.09. The third kappa shape index (κ3) is 3.73. The van der Waals surface area contributed by atoms with Gasteiger partial charge < -0.3 is 5.73 Å². The average Bonchev–Trinajstić information content (AvgIpc) is 2.42. The topological polar surface area (TPSA) is 63.4 Å². The predicted molar refractivity (Wildman–Crippen MR) is 84.1 cm³/mol. The van der Waals surface area contributed by atoms with E-state index >= 15 is 0 Å². The normalized spacial score (nSPS) is 12.3. The lowest BCUT2D eigenvalue weighted by atomic mass is 10.0. The van der Waals surface area contributed by atoms with Crippen LogP contribution in [0, 0.1) is 12.8 Å². The van der Waals surface area contributed by atoms with Crippen LogP contribution in [0.1, 0.15) is 39.2 Å². The molecular formula is C15H26N2O2S. The van der Waals surface area contributed by atoms with Gasteiger partial charge in [0, 0.05) is 18.8 Å². The lowest BCUT2D eigenvalue weighted by Gasteiger charge is -2.25.